The van der Waals surface area contributed by atoms with Gasteiger partial charge in [0.15, 0.2) is 5.78 Å². The highest BCUT2D eigenvalue weighted by molar-refractivity contribution is 8.00. The van der Waals surface area contributed by atoms with Gasteiger partial charge >= 0.3 is 0 Å². The van der Waals surface area contributed by atoms with E-state index < -0.39 is 0 Å². The number of hydrogen-bond acceptors (Lipinski definition) is 3. The third-order valence-corrected chi connectivity index (χ3v) is 6.06. The predicted molar refractivity (Wildman–Crippen MR) is 103 cm³/mol. The number of nitrogens with one attached hydrogen (secondary N) is 1. The van der Waals surface area contributed by atoms with Gasteiger partial charge in [0.2, 0.25) is 0 Å². The number of carbonyl (C=O) groups excluding carboxylic acids is 1. The number of benzene rings is 3. The number of carbonyl (C=O) groups is 1. The normalized spacial score (nSPS) is 18.1. The fourth-order valence-electron chi connectivity index (χ4n) is 3.54. The molecule has 1 N–H and O–H groups in total. The summed E-state index contributed by atoms with van der Waals surface area (Å²) in [5, 5.41) is 3.52. The van der Waals surface area contributed by atoms with Crippen LogP contribution in [-0.2, 0) is 0 Å². The second-order valence-electron chi connectivity index (χ2n) is 6.19. The maximum Gasteiger partial charge on any atom is 0.193 e. The summed E-state index contributed by atoms with van der Waals surface area (Å²) in [7, 11) is 0. The van der Waals surface area contributed by atoms with Crippen molar-refractivity contribution in [1.29, 1.82) is 0 Å². The second kappa shape index (κ2) is 5.64. The van der Waals surface area contributed by atoms with Gasteiger partial charge in [-0.1, -0.05) is 66.7 Å². The molecule has 2 nitrogen and oxygen atoms in total. The summed E-state index contributed by atoms with van der Waals surface area (Å²) in [6.07, 6.45) is 0. The lowest BCUT2D eigenvalue weighted by molar-refractivity contribution is 0.103. The van der Waals surface area contributed by atoms with Crippen LogP contribution in [0.3, 0.4) is 0 Å². The molecule has 3 aromatic rings. The van der Waals surface area contributed by atoms with E-state index in [9.17, 15) is 4.79 Å². The molecule has 1 heterocycles. The topological polar surface area (TPSA) is 29.1 Å². The van der Waals surface area contributed by atoms with Crippen LogP contribution in [0, 0.1) is 0 Å². The van der Waals surface area contributed by atoms with Crippen LogP contribution >= 0.6 is 11.8 Å². The average molecular weight is 341 g/mol. The van der Waals surface area contributed by atoms with Gasteiger partial charge in [-0.05, 0) is 17.7 Å². The van der Waals surface area contributed by atoms with Crippen molar-refractivity contribution < 1.29 is 4.79 Å². The maximum absolute atomic E-state index is 13.2. The molecular formula is C22H15NOS. The smallest absolute Gasteiger partial charge is 0.193 e. The minimum absolute atomic E-state index is 0.0211. The minimum Gasteiger partial charge on any atom is -0.354 e. The molecule has 0 amide bonds. The summed E-state index contributed by atoms with van der Waals surface area (Å²) in [6.45, 7) is 0. The van der Waals surface area contributed by atoms with Crippen LogP contribution in [0.15, 0.2) is 89.3 Å². The largest absolute Gasteiger partial charge is 0.354 e. The van der Waals surface area contributed by atoms with Gasteiger partial charge in [-0.3, -0.25) is 4.79 Å². The van der Waals surface area contributed by atoms with Crippen LogP contribution in [0.2, 0.25) is 0 Å². The first kappa shape index (κ1) is 14.6. The molecule has 3 heteroatoms. The zero-order valence-corrected chi connectivity index (χ0v) is 14.2. The van der Waals surface area contributed by atoms with E-state index in [0.29, 0.717) is 0 Å². The lowest BCUT2D eigenvalue weighted by Crippen LogP contribution is -2.07. The van der Waals surface area contributed by atoms with Gasteiger partial charge in [-0.25, -0.2) is 0 Å². The van der Waals surface area contributed by atoms with E-state index in [1.807, 2.05) is 54.6 Å². The van der Waals surface area contributed by atoms with Crippen LogP contribution in [0.1, 0.15) is 26.7 Å². The summed E-state index contributed by atoms with van der Waals surface area (Å²) in [5.41, 5.74) is 5.81. The van der Waals surface area contributed by atoms with Crippen LogP contribution < -0.4 is 5.32 Å². The van der Waals surface area contributed by atoms with E-state index in [2.05, 4.69) is 29.6 Å². The number of Topliss-reactive ketones (excluding diaryl/α,β-unsaturated/α-hetero) is 1. The maximum atomic E-state index is 13.2. The number of hydrogen-bond donors (Lipinski definition) is 1. The Balaban J connectivity index is 1.76. The number of ketones is 1. The number of rotatable bonds is 1. The Hall–Kier alpha value is -2.78. The molecule has 1 aliphatic carbocycles. The lowest BCUT2D eigenvalue weighted by Gasteiger charge is -2.17. The SMILES string of the molecule is O=C1C2=C(Nc3ccccc3S[C@H]2c2ccccc2)c2ccccc21. The molecule has 0 unspecified atom stereocenters. The van der Waals surface area contributed by atoms with Gasteiger partial charge in [0.05, 0.1) is 16.6 Å². The third kappa shape index (κ3) is 2.24. The number of thioether (sulfide) groups is 1. The van der Waals surface area contributed by atoms with Gasteiger partial charge in [-0.2, -0.15) is 0 Å². The summed E-state index contributed by atoms with van der Waals surface area (Å²) >= 11 is 1.74. The predicted octanol–water partition coefficient (Wildman–Crippen LogP) is 5.55. The first-order valence-corrected chi connectivity index (χ1v) is 9.17. The molecule has 1 aliphatic heterocycles. The molecule has 120 valence electrons. The van der Waals surface area contributed by atoms with Crippen LogP contribution in [-0.4, -0.2) is 5.78 Å². The minimum atomic E-state index is -0.0211. The molecule has 0 saturated carbocycles. The molecule has 0 saturated heterocycles. The van der Waals surface area contributed by atoms with Gasteiger partial charge in [0, 0.05) is 21.6 Å². The Morgan fingerprint density at radius 1 is 0.760 bits per heavy atom. The van der Waals surface area contributed by atoms with Crippen molar-refractivity contribution in [1.82, 2.24) is 0 Å². The van der Waals surface area contributed by atoms with Crippen molar-refractivity contribution in [2.45, 2.75) is 10.1 Å². The lowest BCUT2D eigenvalue weighted by atomic mass is 10.0. The molecule has 0 radical (unpaired) electrons. The molecule has 1 atom stereocenters. The molecular weight excluding hydrogens is 326 g/mol. The van der Waals surface area contributed by atoms with E-state index in [0.717, 1.165) is 38.5 Å². The van der Waals surface area contributed by atoms with Crippen molar-refractivity contribution in [3.63, 3.8) is 0 Å². The summed E-state index contributed by atoms with van der Waals surface area (Å²) in [5.74, 6) is 0.132. The quantitative estimate of drug-likeness (QED) is 0.629. The molecule has 0 fully saturated rings. The zero-order chi connectivity index (χ0) is 16.8. The summed E-state index contributed by atoms with van der Waals surface area (Å²) in [4.78, 5) is 14.4. The van der Waals surface area contributed by atoms with Crippen LogP contribution in [0.25, 0.3) is 5.70 Å². The standard InChI is InChI=1S/C22H15NOS/c24-21-16-11-5-4-10-15(16)20-19(21)22(14-8-2-1-3-9-14)25-18-13-7-6-12-17(18)23-20/h1-13,22-23H/t22-/m0/s1. The van der Waals surface area contributed by atoms with Gasteiger partial charge in [0.25, 0.3) is 0 Å². The highest BCUT2D eigenvalue weighted by atomic mass is 32.2. The monoisotopic (exact) mass is 341 g/mol. The molecule has 0 bridgehead atoms. The molecule has 2 aliphatic rings. The molecule has 0 spiro atoms. The average Bonchev–Trinajstić information content (AvgIpc) is 2.84. The zero-order valence-electron chi connectivity index (χ0n) is 13.4. The van der Waals surface area contributed by atoms with Crippen molar-refractivity contribution >= 4 is 28.9 Å². The van der Waals surface area contributed by atoms with E-state index in [-0.39, 0.29) is 11.0 Å². The van der Waals surface area contributed by atoms with Gasteiger partial charge < -0.3 is 5.32 Å². The summed E-state index contributed by atoms with van der Waals surface area (Å²) < 4.78 is 0. The van der Waals surface area contributed by atoms with Crippen molar-refractivity contribution in [2.24, 2.45) is 0 Å². The Morgan fingerprint density at radius 3 is 2.28 bits per heavy atom. The van der Waals surface area contributed by atoms with Crippen molar-refractivity contribution in [3.8, 4) is 0 Å². The third-order valence-electron chi connectivity index (χ3n) is 4.71. The highest BCUT2D eigenvalue weighted by Gasteiger charge is 2.37. The van der Waals surface area contributed by atoms with E-state index in [4.69, 9.17) is 0 Å². The molecule has 5 rings (SSSR count). The first-order chi connectivity index (χ1) is 12.3. The van der Waals surface area contributed by atoms with E-state index in [1.54, 1.807) is 11.8 Å². The highest BCUT2D eigenvalue weighted by Crippen LogP contribution is 2.52. The van der Waals surface area contributed by atoms with E-state index >= 15 is 0 Å². The summed E-state index contributed by atoms with van der Waals surface area (Å²) in [6, 6.07) is 26.4. The second-order valence-corrected chi connectivity index (χ2v) is 7.34. The van der Waals surface area contributed by atoms with Crippen molar-refractivity contribution in [2.75, 3.05) is 5.32 Å². The Kier molecular flexibility index (Phi) is 3.28. The number of fused-ring (bicyclic) bond motifs is 3. The Morgan fingerprint density at radius 2 is 1.44 bits per heavy atom. The van der Waals surface area contributed by atoms with Gasteiger partial charge in [-0.15, -0.1) is 11.8 Å². The number of anilines is 1. The Bertz CT molecular complexity index is 1020. The fraction of sp³-hybridized carbons (Fsp3) is 0.0455. The first-order valence-electron chi connectivity index (χ1n) is 8.29. The number of para-hydroxylation sites is 1. The molecule has 25 heavy (non-hydrogen) atoms. The van der Waals surface area contributed by atoms with E-state index in [1.165, 1.54) is 0 Å². The Labute approximate surface area is 150 Å². The molecule has 3 aromatic carbocycles. The fourth-order valence-corrected chi connectivity index (χ4v) is 4.84. The van der Waals surface area contributed by atoms with Crippen LogP contribution in [0.5, 0.6) is 0 Å². The van der Waals surface area contributed by atoms with Crippen molar-refractivity contribution in [3.05, 3.63) is 101 Å². The van der Waals surface area contributed by atoms with Gasteiger partial charge in [0.1, 0.15) is 0 Å². The molecule has 0 aromatic heterocycles. The van der Waals surface area contributed by atoms with Crippen LogP contribution in [0.4, 0.5) is 5.69 Å².